The lowest BCUT2D eigenvalue weighted by atomic mass is 9.93. The fourth-order valence-corrected chi connectivity index (χ4v) is 5.28. The number of rotatable bonds is 7. The number of carbonyl (C=O) groups is 1. The Balaban J connectivity index is 1.60. The lowest BCUT2D eigenvalue weighted by molar-refractivity contribution is -0.0700. The van der Waals surface area contributed by atoms with Gasteiger partial charge in [0.05, 0.1) is 17.1 Å². The van der Waals surface area contributed by atoms with Crippen LogP contribution in [0, 0.1) is 20.8 Å². The first kappa shape index (κ1) is 24.6. The molecule has 7 nitrogen and oxygen atoms in total. The van der Waals surface area contributed by atoms with E-state index >= 15 is 0 Å². The van der Waals surface area contributed by atoms with Crippen LogP contribution in [0.25, 0.3) is 0 Å². The van der Waals surface area contributed by atoms with Crippen LogP contribution in [0.1, 0.15) is 77.8 Å². The van der Waals surface area contributed by atoms with Gasteiger partial charge in [-0.25, -0.2) is 0 Å². The molecule has 0 saturated heterocycles. The number of halogens is 1. The number of benzene rings is 1. The number of ether oxygens (including phenoxy) is 2. The van der Waals surface area contributed by atoms with Crippen LogP contribution in [-0.2, 0) is 13.0 Å². The highest BCUT2D eigenvalue weighted by Crippen LogP contribution is 2.51. The summed E-state index contributed by atoms with van der Waals surface area (Å²) in [6, 6.07) is 2.09. The number of H-pyrrole nitrogens is 1. The Kier molecular flexibility index (Phi) is 6.71. The Morgan fingerprint density at radius 1 is 1.24 bits per heavy atom. The molecule has 0 spiro atoms. The molecule has 184 valence electrons. The van der Waals surface area contributed by atoms with Crippen molar-refractivity contribution in [3.05, 3.63) is 55.0 Å². The molecule has 3 N–H and O–H groups in total. The van der Waals surface area contributed by atoms with E-state index in [1.54, 1.807) is 4.90 Å². The summed E-state index contributed by atoms with van der Waals surface area (Å²) in [5.74, 6) is 0.0650. The van der Waals surface area contributed by atoms with Gasteiger partial charge in [-0.2, -0.15) is 0 Å². The minimum Gasteiger partial charge on any atom is -0.448 e. The first-order valence-electron chi connectivity index (χ1n) is 12.0. The molecule has 0 saturated carbocycles. The van der Waals surface area contributed by atoms with Gasteiger partial charge in [0, 0.05) is 42.8 Å². The van der Waals surface area contributed by atoms with Crippen molar-refractivity contribution >= 4 is 17.5 Å². The Morgan fingerprint density at radius 2 is 1.94 bits per heavy atom. The van der Waals surface area contributed by atoms with Crippen LogP contribution < -0.4 is 20.8 Å². The van der Waals surface area contributed by atoms with Gasteiger partial charge in [-0.15, -0.1) is 0 Å². The number of nitrogens with two attached hydrogens (primary N) is 1. The highest BCUT2D eigenvalue weighted by Gasteiger charge is 2.42. The van der Waals surface area contributed by atoms with Crippen molar-refractivity contribution < 1.29 is 14.3 Å². The van der Waals surface area contributed by atoms with Gasteiger partial charge in [-0.1, -0.05) is 18.5 Å². The maximum absolute atomic E-state index is 13.6. The molecule has 1 aromatic heterocycles. The summed E-state index contributed by atoms with van der Waals surface area (Å²) in [4.78, 5) is 30.6. The van der Waals surface area contributed by atoms with Gasteiger partial charge in [0.2, 0.25) is 5.79 Å². The van der Waals surface area contributed by atoms with Crippen LogP contribution in [0.2, 0.25) is 5.02 Å². The maximum Gasteiger partial charge on any atom is 0.254 e. The third-order valence-corrected chi connectivity index (χ3v) is 7.43. The summed E-state index contributed by atoms with van der Waals surface area (Å²) in [7, 11) is 0. The highest BCUT2D eigenvalue weighted by atomic mass is 35.5. The smallest absolute Gasteiger partial charge is 0.254 e. The Hall–Kier alpha value is -2.51. The molecule has 2 aliphatic rings. The molecule has 0 aliphatic carbocycles. The molecule has 3 heterocycles. The predicted molar refractivity (Wildman–Crippen MR) is 133 cm³/mol. The van der Waals surface area contributed by atoms with E-state index in [0.717, 1.165) is 41.6 Å². The minimum absolute atomic E-state index is 0.144. The second kappa shape index (κ2) is 9.27. The van der Waals surface area contributed by atoms with Gasteiger partial charge in [0.15, 0.2) is 11.5 Å². The van der Waals surface area contributed by atoms with Crippen molar-refractivity contribution in [2.75, 3.05) is 6.54 Å². The number of aromatic nitrogens is 1. The zero-order chi connectivity index (χ0) is 24.8. The molecule has 0 bridgehead atoms. The quantitative estimate of drug-likeness (QED) is 0.597. The standard InChI is InChI=1S/C26H34ClN3O4/c1-6-17(28)8-7-10-26(5)33-22-16(4)20-18(21(27)23(22)34-26)9-11-30(25(20)32)13-19-14(2)12-15(3)29-24(19)31/h12,17H,6-11,13,28H2,1-5H3,(H,29,31). The summed E-state index contributed by atoms with van der Waals surface area (Å²) in [6.45, 7) is 10.3. The van der Waals surface area contributed by atoms with E-state index in [9.17, 15) is 9.59 Å². The number of hydrogen-bond donors (Lipinski definition) is 2. The number of nitrogens with zero attached hydrogens (tertiary/aromatic N) is 1. The normalized spacial score (nSPS) is 20.0. The summed E-state index contributed by atoms with van der Waals surface area (Å²) in [6.07, 6.45) is 3.95. The van der Waals surface area contributed by atoms with Crippen LogP contribution in [0.5, 0.6) is 11.5 Å². The van der Waals surface area contributed by atoms with Gasteiger partial charge in [-0.05, 0) is 63.6 Å². The van der Waals surface area contributed by atoms with Crippen molar-refractivity contribution in [3.63, 3.8) is 0 Å². The largest absolute Gasteiger partial charge is 0.448 e. The highest BCUT2D eigenvalue weighted by molar-refractivity contribution is 6.34. The lowest BCUT2D eigenvalue weighted by Crippen LogP contribution is -2.39. The average Bonchev–Trinajstić information content (AvgIpc) is 3.13. The zero-order valence-electron chi connectivity index (χ0n) is 20.6. The van der Waals surface area contributed by atoms with Gasteiger partial charge in [0.25, 0.3) is 11.5 Å². The number of aryl methyl sites for hydroxylation is 2. The zero-order valence-corrected chi connectivity index (χ0v) is 21.4. The third-order valence-electron chi connectivity index (χ3n) is 7.03. The summed E-state index contributed by atoms with van der Waals surface area (Å²) in [5.41, 5.74) is 10.2. The van der Waals surface area contributed by atoms with E-state index in [4.69, 9.17) is 26.8 Å². The van der Waals surface area contributed by atoms with Gasteiger partial charge < -0.3 is 25.1 Å². The van der Waals surface area contributed by atoms with E-state index < -0.39 is 5.79 Å². The molecule has 0 fully saturated rings. The number of pyridine rings is 1. The summed E-state index contributed by atoms with van der Waals surface area (Å²) >= 11 is 6.77. The molecular weight excluding hydrogens is 454 g/mol. The molecule has 4 rings (SSSR count). The van der Waals surface area contributed by atoms with Crippen molar-refractivity contribution in [3.8, 4) is 11.5 Å². The third kappa shape index (κ3) is 4.43. The van der Waals surface area contributed by atoms with E-state index in [2.05, 4.69) is 11.9 Å². The second-order valence-corrected chi connectivity index (χ2v) is 10.1. The number of carbonyl (C=O) groups excluding carboxylic acids is 1. The molecule has 1 amide bonds. The number of fused-ring (bicyclic) bond motifs is 2. The first-order valence-corrected chi connectivity index (χ1v) is 12.4. The monoisotopic (exact) mass is 487 g/mol. The lowest BCUT2D eigenvalue weighted by Gasteiger charge is -2.31. The summed E-state index contributed by atoms with van der Waals surface area (Å²) < 4.78 is 12.5. The van der Waals surface area contributed by atoms with Crippen molar-refractivity contribution in [2.45, 2.75) is 85.1 Å². The fraction of sp³-hybridized carbons (Fsp3) is 0.538. The Morgan fingerprint density at radius 3 is 2.62 bits per heavy atom. The molecule has 2 aliphatic heterocycles. The fourth-order valence-electron chi connectivity index (χ4n) is 4.97. The SMILES string of the molecule is CCC(N)CCCC1(C)Oc2c(C)c3c(c(Cl)c2O1)CCN(Cc1c(C)cc(C)[nH]c1=O)C3=O. The Labute approximate surface area is 205 Å². The van der Waals surface area contributed by atoms with Gasteiger partial charge in [-0.3, -0.25) is 9.59 Å². The van der Waals surface area contributed by atoms with E-state index in [0.29, 0.717) is 47.0 Å². The molecule has 2 unspecified atom stereocenters. The van der Waals surface area contributed by atoms with Crippen LogP contribution in [0.4, 0.5) is 0 Å². The molecule has 1 aromatic carbocycles. The van der Waals surface area contributed by atoms with Crippen LogP contribution >= 0.6 is 11.6 Å². The number of amides is 1. The van der Waals surface area contributed by atoms with Crippen LogP contribution in [0.3, 0.4) is 0 Å². The van der Waals surface area contributed by atoms with Gasteiger partial charge >= 0.3 is 0 Å². The number of nitrogens with one attached hydrogen (secondary N) is 1. The molecular formula is C26H34ClN3O4. The first-order chi connectivity index (χ1) is 16.0. The maximum atomic E-state index is 13.6. The molecule has 0 radical (unpaired) electrons. The number of aromatic amines is 1. The van der Waals surface area contributed by atoms with E-state index in [1.807, 2.05) is 33.8 Å². The molecule has 8 heteroatoms. The second-order valence-electron chi connectivity index (χ2n) is 9.77. The molecule has 2 aromatic rings. The van der Waals surface area contributed by atoms with Crippen molar-refractivity contribution in [1.29, 1.82) is 0 Å². The minimum atomic E-state index is -0.844. The van der Waals surface area contributed by atoms with Crippen LogP contribution in [-0.4, -0.2) is 34.2 Å². The van der Waals surface area contributed by atoms with E-state index in [1.165, 1.54) is 0 Å². The number of hydrogen-bond acceptors (Lipinski definition) is 5. The van der Waals surface area contributed by atoms with Gasteiger partial charge in [0.1, 0.15) is 0 Å². The van der Waals surface area contributed by atoms with Crippen molar-refractivity contribution in [1.82, 2.24) is 9.88 Å². The Bertz CT molecular complexity index is 1190. The predicted octanol–water partition coefficient (Wildman–Crippen LogP) is 4.55. The van der Waals surface area contributed by atoms with Crippen molar-refractivity contribution in [2.24, 2.45) is 5.73 Å². The van der Waals surface area contributed by atoms with Crippen LogP contribution in [0.15, 0.2) is 10.9 Å². The summed E-state index contributed by atoms with van der Waals surface area (Å²) in [5, 5.41) is 0.446. The average molecular weight is 488 g/mol. The molecule has 2 atom stereocenters. The van der Waals surface area contributed by atoms with E-state index in [-0.39, 0.29) is 24.1 Å². The topological polar surface area (TPSA) is 97.7 Å². The molecule has 34 heavy (non-hydrogen) atoms.